The molecule has 1 amide bonds. The number of nitrogen functional groups attached to an aromatic ring is 1. The van der Waals surface area contributed by atoms with Crippen LogP contribution >= 0.6 is 0 Å². The molecular formula is C28H24N6O. The number of pyridine rings is 2. The molecule has 7 nitrogen and oxygen atoms in total. The van der Waals surface area contributed by atoms with Crippen molar-refractivity contribution in [2.24, 2.45) is 0 Å². The van der Waals surface area contributed by atoms with E-state index < -0.39 is 0 Å². The summed E-state index contributed by atoms with van der Waals surface area (Å²) in [5.74, 6) is -0.239. The van der Waals surface area contributed by atoms with E-state index in [0.717, 1.165) is 27.7 Å². The van der Waals surface area contributed by atoms with Crippen molar-refractivity contribution in [3.63, 3.8) is 0 Å². The van der Waals surface area contributed by atoms with Gasteiger partial charge in [0.1, 0.15) is 0 Å². The summed E-state index contributed by atoms with van der Waals surface area (Å²) in [6.45, 7) is 1.92. The molecule has 2 aromatic carbocycles. The van der Waals surface area contributed by atoms with E-state index in [1.165, 1.54) is 0 Å². The topological polar surface area (TPSA) is 97.9 Å². The summed E-state index contributed by atoms with van der Waals surface area (Å²) in [5.41, 5.74) is 11.0. The van der Waals surface area contributed by atoms with Crippen molar-refractivity contribution < 1.29 is 4.79 Å². The largest absolute Gasteiger partial charge is 0.382 e. The molecule has 0 aliphatic rings. The maximum Gasteiger partial charge on any atom is 0.276 e. The fourth-order valence-electron chi connectivity index (χ4n) is 3.99. The fraction of sp³-hybridized carbons (Fsp3) is 0.107. The monoisotopic (exact) mass is 460 g/mol. The Balaban J connectivity index is 1.63. The van der Waals surface area contributed by atoms with Gasteiger partial charge in [-0.3, -0.25) is 14.8 Å². The summed E-state index contributed by atoms with van der Waals surface area (Å²) >= 11 is 0. The molecule has 0 bridgehead atoms. The van der Waals surface area contributed by atoms with Crippen LogP contribution in [-0.4, -0.2) is 37.8 Å². The van der Waals surface area contributed by atoms with Gasteiger partial charge in [0.2, 0.25) is 0 Å². The molecular weight excluding hydrogens is 436 g/mol. The van der Waals surface area contributed by atoms with Gasteiger partial charge in [-0.2, -0.15) is 0 Å². The molecule has 0 fully saturated rings. The van der Waals surface area contributed by atoms with Gasteiger partial charge in [0.05, 0.1) is 28.6 Å². The predicted octanol–water partition coefficient (Wildman–Crippen LogP) is 5.17. The first-order valence-corrected chi connectivity index (χ1v) is 11.3. The molecule has 0 radical (unpaired) electrons. The van der Waals surface area contributed by atoms with Crippen LogP contribution < -0.4 is 5.73 Å². The fourth-order valence-corrected chi connectivity index (χ4v) is 3.99. The Morgan fingerprint density at radius 3 is 2.34 bits per heavy atom. The number of carbonyl (C=O) groups is 1. The minimum absolute atomic E-state index is 0.0835. The van der Waals surface area contributed by atoms with Crippen molar-refractivity contribution in [3.05, 3.63) is 103 Å². The summed E-state index contributed by atoms with van der Waals surface area (Å²) in [6, 6.07) is 24.8. The van der Waals surface area contributed by atoms with Crippen molar-refractivity contribution in [2.75, 3.05) is 12.8 Å². The number of carbonyl (C=O) groups excluding carboxylic acids is 1. The predicted molar refractivity (Wildman–Crippen MR) is 137 cm³/mol. The molecule has 35 heavy (non-hydrogen) atoms. The van der Waals surface area contributed by atoms with Gasteiger partial charge in [0.15, 0.2) is 11.5 Å². The quantitative estimate of drug-likeness (QED) is 0.389. The number of nitrogens with two attached hydrogens (primary N) is 1. The average Bonchev–Trinajstić information content (AvgIpc) is 2.92. The van der Waals surface area contributed by atoms with Gasteiger partial charge in [-0.15, -0.1) is 0 Å². The van der Waals surface area contributed by atoms with E-state index in [2.05, 4.69) is 15.0 Å². The molecule has 7 heteroatoms. The number of aromatic nitrogens is 4. The Labute approximate surface area is 203 Å². The van der Waals surface area contributed by atoms with Crippen molar-refractivity contribution in [3.8, 4) is 22.5 Å². The molecule has 0 spiro atoms. The Bertz CT molecular complexity index is 1500. The summed E-state index contributed by atoms with van der Waals surface area (Å²) < 4.78 is 0. The number of rotatable bonds is 5. The number of hydrogen-bond acceptors (Lipinski definition) is 6. The maximum absolute atomic E-state index is 13.5. The molecule has 0 aliphatic heterocycles. The normalized spacial score (nSPS) is 11.8. The molecule has 5 rings (SSSR count). The van der Waals surface area contributed by atoms with Crippen LogP contribution in [0.15, 0.2) is 91.3 Å². The summed E-state index contributed by atoms with van der Waals surface area (Å²) in [7, 11) is 1.72. The lowest BCUT2D eigenvalue weighted by Gasteiger charge is -2.25. The molecule has 0 aliphatic carbocycles. The van der Waals surface area contributed by atoms with Gasteiger partial charge in [0.25, 0.3) is 5.91 Å². The van der Waals surface area contributed by atoms with Gasteiger partial charge >= 0.3 is 0 Å². The summed E-state index contributed by atoms with van der Waals surface area (Å²) in [4.78, 5) is 33.4. The number of hydrogen-bond donors (Lipinski definition) is 1. The van der Waals surface area contributed by atoms with Crippen molar-refractivity contribution in [1.29, 1.82) is 0 Å². The molecule has 0 saturated carbocycles. The smallest absolute Gasteiger partial charge is 0.276 e. The van der Waals surface area contributed by atoms with Crippen LogP contribution in [-0.2, 0) is 0 Å². The molecule has 3 aromatic heterocycles. The van der Waals surface area contributed by atoms with Crippen molar-refractivity contribution >= 4 is 22.6 Å². The lowest BCUT2D eigenvalue weighted by Crippen LogP contribution is -2.31. The molecule has 0 saturated heterocycles. The van der Waals surface area contributed by atoms with Gasteiger partial charge < -0.3 is 10.6 Å². The number of fused-ring (bicyclic) bond motifs is 1. The number of nitrogens with zero attached hydrogens (tertiary/aromatic N) is 5. The van der Waals surface area contributed by atoms with E-state index >= 15 is 0 Å². The Morgan fingerprint density at radius 2 is 1.57 bits per heavy atom. The SMILES string of the molecule is C[C@H](c1ccccn1)N(C)C(=O)c1nc(-c2ccc3ncccc3c2)c(-c2ccccc2)nc1N. The second kappa shape index (κ2) is 9.30. The number of amides is 1. The zero-order valence-electron chi connectivity index (χ0n) is 19.5. The van der Waals surface area contributed by atoms with Crippen molar-refractivity contribution in [2.45, 2.75) is 13.0 Å². The number of anilines is 1. The highest BCUT2D eigenvalue weighted by Crippen LogP contribution is 2.33. The van der Waals surface area contributed by atoms with E-state index in [4.69, 9.17) is 10.7 Å². The second-order valence-electron chi connectivity index (χ2n) is 8.28. The number of benzene rings is 2. The Morgan fingerprint density at radius 1 is 0.829 bits per heavy atom. The highest BCUT2D eigenvalue weighted by molar-refractivity contribution is 5.98. The van der Waals surface area contributed by atoms with Crippen LogP contribution in [0.5, 0.6) is 0 Å². The van der Waals surface area contributed by atoms with E-state index in [9.17, 15) is 4.79 Å². The average molecular weight is 461 g/mol. The van der Waals surface area contributed by atoms with E-state index in [0.29, 0.717) is 11.4 Å². The van der Waals surface area contributed by atoms with Crippen LogP contribution in [0.1, 0.15) is 29.1 Å². The molecule has 2 N–H and O–H groups in total. The highest BCUT2D eigenvalue weighted by Gasteiger charge is 2.26. The van der Waals surface area contributed by atoms with Gasteiger partial charge in [0, 0.05) is 36.0 Å². The first-order valence-electron chi connectivity index (χ1n) is 11.3. The lowest BCUT2D eigenvalue weighted by atomic mass is 10.0. The lowest BCUT2D eigenvalue weighted by molar-refractivity contribution is 0.0735. The van der Waals surface area contributed by atoms with Crippen LogP contribution in [0, 0.1) is 0 Å². The third-order valence-corrected chi connectivity index (χ3v) is 6.07. The molecule has 172 valence electrons. The van der Waals surface area contributed by atoms with Crippen LogP contribution in [0.25, 0.3) is 33.4 Å². The van der Waals surface area contributed by atoms with E-state index in [-0.39, 0.29) is 23.5 Å². The highest BCUT2D eigenvalue weighted by atomic mass is 16.2. The van der Waals surface area contributed by atoms with Crippen molar-refractivity contribution in [1.82, 2.24) is 24.8 Å². The minimum Gasteiger partial charge on any atom is -0.382 e. The van der Waals surface area contributed by atoms with Crippen LogP contribution in [0.3, 0.4) is 0 Å². The maximum atomic E-state index is 13.5. The van der Waals surface area contributed by atoms with E-state index in [1.807, 2.05) is 85.8 Å². The van der Waals surface area contributed by atoms with Gasteiger partial charge in [-0.25, -0.2) is 9.97 Å². The van der Waals surface area contributed by atoms with Crippen LogP contribution in [0.4, 0.5) is 5.82 Å². The third kappa shape index (κ3) is 4.31. The first-order chi connectivity index (χ1) is 17.0. The second-order valence-corrected chi connectivity index (χ2v) is 8.28. The third-order valence-electron chi connectivity index (χ3n) is 6.07. The van der Waals surface area contributed by atoms with E-state index in [1.54, 1.807) is 24.3 Å². The summed E-state index contributed by atoms with van der Waals surface area (Å²) in [5, 5.41) is 0.969. The molecule has 3 heterocycles. The Hall–Kier alpha value is -4.65. The van der Waals surface area contributed by atoms with Crippen LogP contribution in [0.2, 0.25) is 0 Å². The van der Waals surface area contributed by atoms with Gasteiger partial charge in [-0.1, -0.05) is 48.5 Å². The standard InChI is InChI=1S/C28H24N6O/c1-18(22-12-6-7-15-30-22)34(2)28(35)26-27(29)33-24(19-9-4-3-5-10-19)25(32-26)21-13-14-23-20(17-21)11-8-16-31-23/h3-18H,1-2H3,(H2,29,33)/t18-/m1/s1. The Kier molecular flexibility index (Phi) is 5.89. The minimum atomic E-state index is -0.323. The molecule has 5 aromatic rings. The first kappa shape index (κ1) is 22.2. The van der Waals surface area contributed by atoms with Gasteiger partial charge in [-0.05, 0) is 37.3 Å². The zero-order valence-corrected chi connectivity index (χ0v) is 19.5. The molecule has 1 atom stereocenters. The zero-order chi connectivity index (χ0) is 24.4. The molecule has 0 unspecified atom stereocenters. The summed E-state index contributed by atoms with van der Waals surface area (Å²) in [6.07, 6.45) is 3.47.